The molecule has 0 aliphatic heterocycles. The molecular formula is C16H9BrS. The van der Waals surface area contributed by atoms with Crippen LogP contribution in [-0.4, -0.2) is 0 Å². The van der Waals surface area contributed by atoms with Crippen LogP contribution in [0.2, 0.25) is 0 Å². The average molecular weight is 313 g/mol. The molecule has 3 aromatic carbocycles. The molecule has 0 N–H and O–H groups in total. The van der Waals surface area contributed by atoms with Crippen LogP contribution in [0.5, 0.6) is 0 Å². The summed E-state index contributed by atoms with van der Waals surface area (Å²) >= 11 is 5.51. The van der Waals surface area contributed by atoms with Gasteiger partial charge < -0.3 is 0 Å². The maximum absolute atomic E-state index is 3.64. The maximum atomic E-state index is 3.64. The summed E-state index contributed by atoms with van der Waals surface area (Å²) in [5.74, 6) is 0. The van der Waals surface area contributed by atoms with Gasteiger partial charge in [-0.1, -0.05) is 52.3 Å². The zero-order valence-corrected chi connectivity index (χ0v) is 11.9. The van der Waals surface area contributed by atoms with Gasteiger partial charge in [-0.15, -0.1) is 11.3 Å². The third-order valence-electron chi connectivity index (χ3n) is 3.35. The lowest BCUT2D eigenvalue weighted by Crippen LogP contribution is -1.75. The fraction of sp³-hybridized carbons (Fsp3) is 0. The summed E-state index contributed by atoms with van der Waals surface area (Å²) in [4.78, 5) is 0. The van der Waals surface area contributed by atoms with Gasteiger partial charge in [0.15, 0.2) is 0 Å². The quantitative estimate of drug-likeness (QED) is 0.375. The highest BCUT2D eigenvalue weighted by Gasteiger charge is 2.08. The van der Waals surface area contributed by atoms with E-state index in [-0.39, 0.29) is 0 Å². The normalized spacial score (nSPS) is 11.6. The molecule has 2 heteroatoms. The number of thiophene rings is 1. The van der Waals surface area contributed by atoms with Gasteiger partial charge in [-0.05, 0) is 29.0 Å². The molecular weight excluding hydrogens is 304 g/mol. The summed E-state index contributed by atoms with van der Waals surface area (Å²) in [6.45, 7) is 0. The Labute approximate surface area is 117 Å². The van der Waals surface area contributed by atoms with E-state index < -0.39 is 0 Å². The molecule has 1 heterocycles. The van der Waals surface area contributed by atoms with Crippen LogP contribution in [0.15, 0.2) is 59.1 Å². The number of hydrogen-bond donors (Lipinski definition) is 0. The molecule has 1 aromatic heterocycles. The second kappa shape index (κ2) is 3.81. The van der Waals surface area contributed by atoms with E-state index in [1.807, 2.05) is 11.3 Å². The van der Waals surface area contributed by atoms with E-state index in [0.29, 0.717) is 0 Å². The lowest BCUT2D eigenvalue weighted by atomic mass is 10.0. The molecule has 0 aliphatic carbocycles. The van der Waals surface area contributed by atoms with Crippen molar-refractivity contribution in [2.45, 2.75) is 0 Å². The first kappa shape index (κ1) is 10.5. The Morgan fingerprint density at radius 3 is 2.44 bits per heavy atom. The van der Waals surface area contributed by atoms with Crippen LogP contribution in [-0.2, 0) is 0 Å². The SMILES string of the molecule is Brc1cccc2c1ccc1sc3ccccc3c12. The summed E-state index contributed by atoms with van der Waals surface area (Å²) in [7, 11) is 0. The molecule has 0 nitrogen and oxygen atoms in total. The van der Waals surface area contributed by atoms with Crippen molar-refractivity contribution in [2.75, 3.05) is 0 Å². The predicted octanol–water partition coefficient (Wildman–Crippen LogP) is 5.97. The van der Waals surface area contributed by atoms with E-state index in [4.69, 9.17) is 0 Å². The fourth-order valence-electron chi connectivity index (χ4n) is 2.54. The van der Waals surface area contributed by atoms with Crippen LogP contribution in [0.4, 0.5) is 0 Å². The number of rotatable bonds is 0. The largest absolute Gasteiger partial charge is 0.135 e. The van der Waals surface area contributed by atoms with E-state index in [2.05, 4.69) is 70.5 Å². The van der Waals surface area contributed by atoms with E-state index in [9.17, 15) is 0 Å². The standard InChI is InChI=1S/C16H9BrS/c17-13-6-3-5-11-10(13)8-9-15-16(11)12-4-1-2-7-14(12)18-15/h1-9H. The summed E-state index contributed by atoms with van der Waals surface area (Å²) in [5.41, 5.74) is 0. The lowest BCUT2D eigenvalue weighted by Gasteiger charge is -2.02. The topological polar surface area (TPSA) is 0 Å². The van der Waals surface area contributed by atoms with Gasteiger partial charge in [-0.2, -0.15) is 0 Å². The van der Waals surface area contributed by atoms with E-state index in [1.165, 1.54) is 30.9 Å². The number of halogens is 1. The second-order valence-corrected chi connectivity index (χ2v) is 6.31. The van der Waals surface area contributed by atoms with Crippen molar-refractivity contribution in [3.05, 3.63) is 59.1 Å². The van der Waals surface area contributed by atoms with Gasteiger partial charge in [0.1, 0.15) is 0 Å². The zero-order valence-electron chi connectivity index (χ0n) is 9.48. The minimum atomic E-state index is 1.16. The number of benzene rings is 3. The van der Waals surface area contributed by atoms with Crippen LogP contribution in [0.25, 0.3) is 30.9 Å². The summed E-state index contributed by atoms with van der Waals surface area (Å²) in [6, 6.07) is 19.5. The van der Waals surface area contributed by atoms with Crippen LogP contribution >= 0.6 is 27.3 Å². The summed E-state index contributed by atoms with van der Waals surface area (Å²) in [5, 5.41) is 5.36. The molecule has 18 heavy (non-hydrogen) atoms. The molecule has 0 atom stereocenters. The molecule has 0 fully saturated rings. The smallest absolute Gasteiger partial charge is 0.0361 e. The molecule has 0 radical (unpaired) electrons. The molecule has 0 amide bonds. The highest BCUT2D eigenvalue weighted by atomic mass is 79.9. The van der Waals surface area contributed by atoms with Gasteiger partial charge in [0, 0.05) is 24.6 Å². The Morgan fingerprint density at radius 1 is 0.667 bits per heavy atom. The van der Waals surface area contributed by atoms with Gasteiger partial charge in [-0.25, -0.2) is 0 Å². The van der Waals surface area contributed by atoms with Gasteiger partial charge in [0.2, 0.25) is 0 Å². The van der Waals surface area contributed by atoms with Crippen molar-refractivity contribution in [1.82, 2.24) is 0 Å². The average Bonchev–Trinajstić information content (AvgIpc) is 2.77. The molecule has 0 saturated heterocycles. The van der Waals surface area contributed by atoms with Crippen molar-refractivity contribution in [3.63, 3.8) is 0 Å². The Bertz CT molecular complexity index is 889. The molecule has 0 unspecified atom stereocenters. The molecule has 0 saturated carbocycles. The maximum Gasteiger partial charge on any atom is 0.0361 e. The lowest BCUT2D eigenvalue weighted by molar-refractivity contribution is 1.76. The Balaban J connectivity index is 2.37. The first-order valence-corrected chi connectivity index (χ1v) is 7.44. The van der Waals surface area contributed by atoms with Crippen LogP contribution in [0, 0.1) is 0 Å². The van der Waals surface area contributed by atoms with Crippen molar-refractivity contribution >= 4 is 58.2 Å². The first-order chi connectivity index (χ1) is 8.84. The molecule has 4 rings (SSSR count). The van der Waals surface area contributed by atoms with Gasteiger partial charge in [0.05, 0.1) is 0 Å². The Morgan fingerprint density at radius 2 is 1.50 bits per heavy atom. The van der Waals surface area contributed by atoms with Gasteiger partial charge >= 0.3 is 0 Å². The highest BCUT2D eigenvalue weighted by Crippen LogP contribution is 2.39. The molecule has 0 spiro atoms. The van der Waals surface area contributed by atoms with E-state index >= 15 is 0 Å². The molecule has 86 valence electrons. The fourth-order valence-corrected chi connectivity index (χ4v) is 4.16. The Hall–Kier alpha value is -1.38. The van der Waals surface area contributed by atoms with Crippen LogP contribution in [0.1, 0.15) is 0 Å². The third-order valence-corrected chi connectivity index (χ3v) is 5.17. The number of fused-ring (bicyclic) bond motifs is 5. The van der Waals surface area contributed by atoms with Crippen molar-refractivity contribution in [2.24, 2.45) is 0 Å². The van der Waals surface area contributed by atoms with E-state index in [1.54, 1.807) is 0 Å². The third kappa shape index (κ3) is 1.36. The molecule has 0 aliphatic rings. The van der Waals surface area contributed by atoms with Gasteiger partial charge in [0.25, 0.3) is 0 Å². The van der Waals surface area contributed by atoms with Crippen molar-refractivity contribution in [1.29, 1.82) is 0 Å². The van der Waals surface area contributed by atoms with Crippen molar-refractivity contribution < 1.29 is 0 Å². The zero-order chi connectivity index (χ0) is 12.1. The molecule has 4 aromatic rings. The van der Waals surface area contributed by atoms with Crippen LogP contribution < -0.4 is 0 Å². The predicted molar refractivity (Wildman–Crippen MR) is 84.5 cm³/mol. The minimum Gasteiger partial charge on any atom is -0.135 e. The molecule has 0 bridgehead atoms. The van der Waals surface area contributed by atoms with Crippen LogP contribution in [0.3, 0.4) is 0 Å². The Kier molecular flexibility index (Phi) is 2.23. The first-order valence-electron chi connectivity index (χ1n) is 5.83. The minimum absolute atomic E-state index is 1.16. The van der Waals surface area contributed by atoms with E-state index in [0.717, 1.165) is 4.47 Å². The van der Waals surface area contributed by atoms with Crippen molar-refractivity contribution in [3.8, 4) is 0 Å². The second-order valence-electron chi connectivity index (χ2n) is 4.37. The summed E-state index contributed by atoms with van der Waals surface area (Å²) < 4.78 is 3.89. The summed E-state index contributed by atoms with van der Waals surface area (Å²) in [6.07, 6.45) is 0. The monoisotopic (exact) mass is 312 g/mol. The highest BCUT2D eigenvalue weighted by molar-refractivity contribution is 9.10. The number of hydrogen-bond acceptors (Lipinski definition) is 1. The van der Waals surface area contributed by atoms with Gasteiger partial charge in [-0.3, -0.25) is 0 Å².